The van der Waals surface area contributed by atoms with E-state index < -0.39 is 18.0 Å². The van der Waals surface area contributed by atoms with E-state index in [0.29, 0.717) is 0 Å². The molecule has 0 aliphatic rings. The zero-order valence-electron chi connectivity index (χ0n) is 10.3. The van der Waals surface area contributed by atoms with Gasteiger partial charge in [0.15, 0.2) is 0 Å². The van der Waals surface area contributed by atoms with Crippen molar-refractivity contribution < 1.29 is 22.7 Å². The lowest BCUT2D eigenvalue weighted by atomic mass is 10.2. The Morgan fingerprint density at radius 2 is 2.00 bits per heavy atom. The third-order valence-corrected chi connectivity index (χ3v) is 2.52. The average Bonchev–Trinajstić information content (AvgIpc) is 2.37. The Morgan fingerprint density at radius 1 is 1.24 bits per heavy atom. The van der Waals surface area contributed by atoms with E-state index in [1.807, 2.05) is 0 Å². The van der Waals surface area contributed by atoms with Crippen molar-refractivity contribution in [1.29, 1.82) is 0 Å². The molecule has 1 amide bonds. The van der Waals surface area contributed by atoms with Gasteiger partial charge in [-0.05, 0) is 24.3 Å². The zero-order valence-corrected chi connectivity index (χ0v) is 11.1. The maximum atomic E-state index is 12.1. The summed E-state index contributed by atoms with van der Waals surface area (Å²) in [5, 5.41) is 2.57. The molecule has 0 radical (unpaired) electrons. The molecule has 0 saturated carbocycles. The van der Waals surface area contributed by atoms with Crippen molar-refractivity contribution in [1.82, 2.24) is 4.98 Å². The minimum Gasteiger partial charge on any atom is -0.406 e. The molecule has 0 saturated heterocycles. The number of aromatic nitrogens is 1. The van der Waals surface area contributed by atoms with Crippen molar-refractivity contribution in [2.24, 2.45) is 0 Å². The van der Waals surface area contributed by atoms with Gasteiger partial charge in [0.05, 0.1) is 0 Å². The van der Waals surface area contributed by atoms with Gasteiger partial charge in [-0.25, -0.2) is 4.98 Å². The van der Waals surface area contributed by atoms with Crippen LogP contribution in [0, 0.1) is 0 Å². The SMILES string of the molecule is O=C(Nc1cccc(OC(F)(F)F)c1)c1ccnc(Cl)c1. The van der Waals surface area contributed by atoms with E-state index in [0.717, 1.165) is 12.1 Å². The van der Waals surface area contributed by atoms with E-state index in [9.17, 15) is 18.0 Å². The molecule has 1 aromatic carbocycles. The van der Waals surface area contributed by atoms with Crippen molar-refractivity contribution in [2.45, 2.75) is 6.36 Å². The molecule has 21 heavy (non-hydrogen) atoms. The van der Waals surface area contributed by atoms with Gasteiger partial charge >= 0.3 is 6.36 Å². The zero-order chi connectivity index (χ0) is 15.5. The van der Waals surface area contributed by atoms with Gasteiger partial charge in [0, 0.05) is 23.5 Å². The van der Waals surface area contributed by atoms with Gasteiger partial charge in [-0.15, -0.1) is 13.2 Å². The number of halogens is 4. The second-order valence-electron chi connectivity index (χ2n) is 3.90. The summed E-state index contributed by atoms with van der Waals surface area (Å²) in [5.74, 6) is -0.948. The number of benzene rings is 1. The van der Waals surface area contributed by atoms with E-state index in [4.69, 9.17) is 11.6 Å². The predicted molar refractivity (Wildman–Crippen MR) is 70.3 cm³/mol. The van der Waals surface area contributed by atoms with Crippen molar-refractivity contribution in [3.05, 3.63) is 53.3 Å². The van der Waals surface area contributed by atoms with E-state index in [1.165, 1.54) is 30.5 Å². The fraction of sp³-hybridized carbons (Fsp3) is 0.0769. The third kappa shape index (κ3) is 4.64. The number of hydrogen-bond acceptors (Lipinski definition) is 3. The highest BCUT2D eigenvalue weighted by Gasteiger charge is 2.31. The molecule has 1 heterocycles. The molecule has 0 unspecified atom stereocenters. The van der Waals surface area contributed by atoms with Crippen LogP contribution in [0.3, 0.4) is 0 Å². The number of hydrogen-bond donors (Lipinski definition) is 1. The first-order valence-corrected chi connectivity index (χ1v) is 6.00. The first-order valence-electron chi connectivity index (χ1n) is 5.62. The number of carbonyl (C=O) groups excluding carboxylic acids is 1. The topological polar surface area (TPSA) is 51.2 Å². The third-order valence-electron chi connectivity index (χ3n) is 2.31. The molecule has 0 aliphatic heterocycles. The molecule has 0 atom stereocenters. The van der Waals surface area contributed by atoms with E-state index in [-0.39, 0.29) is 16.4 Å². The minimum atomic E-state index is -4.79. The summed E-state index contributed by atoms with van der Waals surface area (Å²) in [6.07, 6.45) is -3.44. The lowest BCUT2D eigenvalue weighted by Crippen LogP contribution is -2.17. The standard InChI is InChI=1S/C13H8ClF3N2O2/c14-11-6-8(4-5-18-11)12(20)19-9-2-1-3-10(7-9)21-13(15,16)17/h1-7H,(H,19,20). The summed E-state index contributed by atoms with van der Waals surface area (Å²) < 4.78 is 40.1. The first-order chi connectivity index (χ1) is 9.83. The van der Waals surface area contributed by atoms with Crippen LogP contribution in [-0.4, -0.2) is 17.3 Å². The summed E-state index contributed by atoms with van der Waals surface area (Å²) in [7, 11) is 0. The Balaban J connectivity index is 2.13. The van der Waals surface area contributed by atoms with Gasteiger partial charge in [0.25, 0.3) is 5.91 Å². The van der Waals surface area contributed by atoms with E-state index >= 15 is 0 Å². The van der Waals surface area contributed by atoms with Crippen LogP contribution in [0.15, 0.2) is 42.6 Å². The summed E-state index contributed by atoms with van der Waals surface area (Å²) in [6, 6.07) is 7.73. The molecule has 1 aromatic heterocycles. The second-order valence-corrected chi connectivity index (χ2v) is 4.28. The Labute approximate surface area is 122 Å². The highest BCUT2D eigenvalue weighted by atomic mass is 35.5. The lowest BCUT2D eigenvalue weighted by molar-refractivity contribution is -0.274. The summed E-state index contributed by atoms with van der Waals surface area (Å²) in [4.78, 5) is 15.6. The molecular weight excluding hydrogens is 309 g/mol. The maximum Gasteiger partial charge on any atom is 0.573 e. The van der Waals surface area contributed by atoms with Crippen LogP contribution >= 0.6 is 11.6 Å². The second kappa shape index (κ2) is 6.01. The first kappa shape index (κ1) is 15.1. The Hall–Kier alpha value is -2.28. The fourth-order valence-electron chi connectivity index (χ4n) is 1.52. The van der Waals surface area contributed by atoms with E-state index in [1.54, 1.807) is 0 Å². The van der Waals surface area contributed by atoms with Crippen LogP contribution in [0.2, 0.25) is 5.15 Å². The Kier molecular flexibility index (Phi) is 4.32. The summed E-state index contributed by atoms with van der Waals surface area (Å²) in [5.41, 5.74) is 0.395. The molecule has 0 fully saturated rings. The molecule has 0 bridgehead atoms. The van der Waals surface area contributed by atoms with Gasteiger partial charge < -0.3 is 10.1 Å². The molecule has 2 rings (SSSR count). The number of nitrogens with one attached hydrogen (secondary N) is 1. The maximum absolute atomic E-state index is 12.1. The molecule has 0 aliphatic carbocycles. The van der Waals surface area contributed by atoms with Gasteiger partial charge in [-0.3, -0.25) is 4.79 Å². The van der Waals surface area contributed by atoms with Crippen LogP contribution in [0.5, 0.6) is 5.75 Å². The molecule has 110 valence electrons. The van der Waals surface area contributed by atoms with Gasteiger partial charge in [-0.2, -0.15) is 0 Å². The van der Waals surface area contributed by atoms with Crippen LogP contribution in [0.25, 0.3) is 0 Å². The van der Waals surface area contributed by atoms with Crippen molar-refractivity contribution in [2.75, 3.05) is 5.32 Å². The number of alkyl halides is 3. The van der Waals surface area contributed by atoms with Gasteiger partial charge in [0.1, 0.15) is 10.9 Å². The normalized spacial score (nSPS) is 11.0. The Morgan fingerprint density at radius 3 is 2.67 bits per heavy atom. The molecular formula is C13H8ClF3N2O2. The van der Waals surface area contributed by atoms with Crippen LogP contribution in [0.4, 0.5) is 18.9 Å². The lowest BCUT2D eigenvalue weighted by Gasteiger charge is -2.10. The predicted octanol–water partition coefficient (Wildman–Crippen LogP) is 3.89. The summed E-state index contributed by atoms with van der Waals surface area (Å²) in [6.45, 7) is 0. The Bertz CT molecular complexity index is 662. The molecule has 0 spiro atoms. The number of rotatable bonds is 3. The molecule has 4 nitrogen and oxygen atoms in total. The average molecular weight is 317 g/mol. The molecule has 1 N–H and O–H groups in total. The largest absolute Gasteiger partial charge is 0.573 e. The molecule has 2 aromatic rings. The van der Waals surface area contributed by atoms with Crippen molar-refractivity contribution in [3.63, 3.8) is 0 Å². The number of amides is 1. The number of pyridine rings is 1. The summed E-state index contributed by atoms with van der Waals surface area (Å²) >= 11 is 5.65. The molecule has 8 heteroatoms. The van der Waals surface area contributed by atoms with E-state index in [2.05, 4.69) is 15.0 Å². The van der Waals surface area contributed by atoms with Crippen molar-refractivity contribution in [3.8, 4) is 5.75 Å². The smallest absolute Gasteiger partial charge is 0.406 e. The monoisotopic (exact) mass is 316 g/mol. The number of carbonyl (C=O) groups is 1. The van der Waals surface area contributed by atoms with Crippen LogP contribution < -0.4 is 10.1 Å². The van der Waals surface area contributed by atoms with Gasteiger partial charge in [0.2, 0.25) is 0 Å². The minimum absolute atomic E-state index is 0.136. The van der Waals surface area contributed by atoms with Crippen LogP contribution in [-0.2, 0) is 0 Å². The van der Waals surface area contributed by atoms with Gasteiger partial charge in [-0.1, -0.05) is 17.7 Å². The number of anilines is 1. The highest BCUT2D eigenvalue weighted by Crippen LogP contribution is 2.25. The fourth-order valence-corrected chi connectivity index (χ4v) is 1.69. The quantitative estimate of drug-likeness (QED) is 0.874. The number of ether oxygens (including phenoxy) is 1. The van der Waals surface area contributed by atoms with Crippen molar-refractivity contribution >= 4 is 23.2 Å². The van der Waals surface area contributed by atoms with Crippen LogP contribution in [0.1, 0.15) is 10.4 Å². The number of nitrogens with zero attached hydrogens (tertiary/aromatic N) is 1. The highest BCUT2D eigenvalue weighted by molar-refractivity contribution is 6.29.